The first kappa shape index (κ1) is 10.5. The van der Waals surface area contributed by atoms with E-state index in [2.05, 4.69) is 12.2 Å². The first-order valence-corrected chi connectivity index (χ1v) is 5.40. The summed E-state index contributed by atoms with van der Waals surface area (Å²) in [6, 6.07) is 0. The lowest BCUT2D eigenvalue weighted by atomic mass is 9.79. The van der Waals surface area contributed by atoms with Crippen molar-refractivity contribution >= 4 is 6.29 Å². The molecule has 0 aliphatic heterocycles. The number of hydrogen-bond donors (Lipinski definition) is 0. The van der Waals surface area contributed by atoms with Crippen molar-refractivity contribution in [3.8, 4) is 0 Å². The second-order valence-corrected chi connectivity index (χ2v) is 4.17. The lowest BCUT2D eigenvalue weighted by Crippen LogP contribution is -2.20. The molecule has 0 atom stereocenters. The summed E-state index contributed by atoms with van der Waals surface area (Å²) in [5.41, 5.74) is -0.0109. The van der Waals surface area contributed by atoms with Gasteiger partial charge in [-0.2, -0.15) is 0 Å². The molecule has 0 N–H and O–H groups in total. The third kappa shape index (κ3) is 2.98. The van der Waals surface area contributed by atoms with E-state index in [4.69, 9.17) is 0 Å². The van der Waals surface area contributed by atoms with Gasteiger partial charge in [0.15, 0.2) is 0 Å². The fourth-order valence-electron chi connectivity index (χ4n) is 2.16. The summed E-state index contributed by atoms with van der Waals surface area (Å²) in [4.78, 5) is 11.1. The smallest absolute Gasteiger partial charge is 0.126 e. The Labute approximate surface area is 81.2 Å². The molecule has 0 aromatic heterocycles. The van der Waals surface area contributed by atoms with Crippen LogP contribution in [0.2, 0.25) is 0 Å². The normalized spacial score (nSPS) is 22.8. The zero-order valence-electron chi connectivity index (χ0n) is 8.59. The third-order valence-corrected chi connectivity index (χ3v) is 3.11. The van der Waals surface area contributed by atoms with Gasteiger partial charge in [0, 0.05) is 5.41 Å². The Bertz CT molecular complexity index is 174. The van der Waals surface area contributed by atoms with E-state index in [1.807, 2.05) is 6.92 Å². The van der Waals surface area contributed by atoms with Crippen LogP contribution in [-0.2, 0) is 4.79 Å². The second kappa shape index (κ2) is 5.21. The molecular formula is C12H20O. The highest BCUT2D eigenvalue weighted by Gasteiger charge is 2.28. The molecule has 1 saturated carbocycles. The maximum Gasteiger partial charge on any atom is 0.126 e. The first-order valence-electron chi connectivity index (χ1n) is 5.40. The molecule has 1 aliphatic carbocycles. The average molecular weight is 180 g/mol. The fourth-order valence-corrected chi connectivity index (χ4v) is 2.16. The summed E-state index contributed by atoms with van der Waals surface area (Å²) in [6.45, 7) is 2.02. The molecule has 1 aliphatic rings. The lowest BCUT2D eigenvalue weighted by Gasteiger charge is -2.24. The maximum atomic E-state index is 11.1. The molecule has 0 unspecified atom stereocenters. The monoisotopic (exact) mass is 180 g/mol. The summed E-state index contributed by atoms with van der Waals surface area (Å²) in [7, 11) is 0. The SMILES string of the molecule is C/C=C/CC1(C=O)CCCCCC1. The molecule has 1 rings (SSSR count). The quantitative estimate of drug-likeness (QED) is 0.369. The highest BCUT2D eigenvalue weighted by Crippen LogP contribution is 2.36. The van der Waals surface area contributed by atoms with Gasteiger partial charge in [0.1, 0.15) is 6.29 Å². The predicted molar refractivity (Wildman–Crippen MR) is 55.6 cm³/mol. The van der Waals surface area contributed by atoms with E-state index >= 15 is 0 Å². The molecule has 0 heterocycles. The molecule has 0 saturated heterocycles. The van der Waals surface area contributed by atoms with Crippen LogP contribution < -0.4 is 0 Å². The largest absolute Gasteiger partial charge is 0.303 e. The maximum absolute atomic E-state index is 11.1. The fraction of sp³-hybridized carbons (Fsp3) is 0.750. The number of carbonyl (C=O) groups is 1. The number of rotatable bonds is 3. The minimum absolute atomic E-state index is 0.0109. The van der Waals surface area contributed by atoms with Crippen LogP contribution in [0.3, 0.4) is 0 Å². The van der Waals surface area contributed by atoms with Gasteiger partial charge in [0.05, 0.1) is 0 Å². The topological polar surface area (TPSA) is 17.1 Å². The van der Waals surface area contributed by atoms with Crippen LogP contribution in [0, 0.1) is 5.41 Å². The van der Waals surface area contributed by atoms with Crippen molar-refractivity contribution in [1.29, 1.82) is 0 Å². The number of carbonyl (C=O) groups excluding carboxylic acids is 1. The van der Waals surface area contributed by atoms with Gasteiger partial charge in [0.25, 0.3) is 0 Å². The predicted octanol–water partition coefficient (Wildman–Crippen LogP) is 3.49. The molecule has 0 aromatic rings. The Balaban J connectivity index is 2.58. The molecule has 0 amide bonds. The van der Waals surface area contributed by atoms with Gasteiger partial charge in [-0.1, -0.05) is 37.8 Å². The van der Waals surface area contributed by atoms with E-state index in [0.29, 0.717) is 0 Å². The van der Waals surface area contributed by atoms with Crippen molar-refractivity contribution in [2.24, 2.45) is 5.41 Å². The number of hydrogen-bond acceptors (Lipinski definition) is 1. The van der Waals surface area contributed by atoms with Crippen molar-refractivity contribution in [3.63, 3.8) is 0 Å². The Morgan fingerprint density at radius 3 is 2.23 bits per heavy atom. The van der Waals surface area contributed by atoms with E-state index < -0.39 is 0 Å². The van der Waals surface area contributed by atoms with Gasteiger partial charge >= 0.3 is 0 Å². The molecule has 1 heteroatoms. The summed E-state index contributed by atoms with van der Waals surface area (Å²) in [5, 5.41) is 0. The summed E-state index contributed by atoms with van der Waals surface area (Å²) in [6.07, 6.45) is 13.6. The molecule has 0 aromatic carbocycles. The van der Waals surface area contributed by atoms with E-state index in [0.717, 1.165) is 19.3 Å². The molecule has 13 heavy (non-hydrogen) atoms. The van der Waals surface area contributed by atoms with E-state index in [-0.39, 0.29) is 5.41 Å². The second-order valence-electron chi connectivity index (χ2n) is 4.17. The van der Waals surface area contributed by atoms with Gasteiger partial charge in [-0.3, -0.25) is 0 Å². The average Bonchev–Trinajstić information content (AvgIpc) is 2.41. The van der Waals surface area contributed by atoms with Crippen molar-refractivity contribution < 1.29 is 4.79 Å². The summed E-state index contributed by atoms with van der Waals surface area (Å²) < 4.78 is 0. The van der Waals surface area contributed by atoms with Gasteiger partial charge in [-0.05, 0) is 26.2 Å². The standard InChI is InChI=1S/C12H20O/c1-2-3-8-12(11-13)9-6-4-5-7-10-12/h2-3,11H,4-10H2,1H3/b3-2+. The van der Waals surface area contributed by atoms with Crippen molar-refractivity contribution in [2.45, 2.75) is 51.9 Å². The Kier molecular flexibility index (Phi) is 4.20. The molecule has 0 bridgehead atoms. The minimum Gasteiger partial charge on any atom is -0.303 e. The first-order chi connectivity index (χ1) is 6.33. The lowest BCUT2D eigenvalue weighted by molar-refractivity contribution is -0.116. The highest BCUT2D eigenvalue weighted by molar-refractivity contribution is 5.59. The number of aldehydes is 1. The Morgan fingerprint density at radius 1 is 1.15 bits per heavy atom. The van der Waals surface area contributed by atoms with E-state index in [1.54, 1.807) is 0 Å². The van der Waals surface area contributed by atoms with Gasteiger partial charge in [-0.15, -0.1) is 0 Å². The van der Waals surface area contributed by atoms with Crippen LogP contribution in [0.4, 0.5) is 0 Å². The molecule has 1 fully saturated rings. The van der Waals surface area contributed by atoms with Crippen LogP contribution in [-0.4, -0.2) is 6.29 Å². The van der Waals surface area contributed by atoms with Crippen LogP contribution in [0.25, 0.3) is 0 Å². The highest BCUT2D eigenvalue weighted by atomic mass is 16.1. The van der Waals surface area contributed by atoms with Gasteiger partial charge in [0.2, 0.25) is 0 Å². The Morgan fingerprint density at radius 2 is 1.77 bits per heavy atom. The summed E-state index contributed by atoms with van der Waals surface area (Å²) >= 11 is 0. The zero-order valence-corrected chi connectivity index (χ0v) is 8.59. The Hall–Kier alpha value is -0.590. The van der Waals surface area contributed by atoms with Gasteiger partial charge in [-0.25, -0.2) is 0 Å². The van der Waals surface area contributed by atoms with Crippen LogP contribution >= 0.6 is 0 Å². The van der Waals surface area contributed by atoms with E-state index in [1.165, 1.54) is 32.0 Å². The molecule has 0 spiro atoms. The molecule has 74 valence electrons. The van der Waals surface area contributed by atoms with Crippen molar-refractivity contribution in [2.75, 3.05) is 0 Å². The zero-order chi connectivity index (χ0) is 9.57. The molecular weight excluding hydrogens is 160 g/mol. The van der Waals surface area contributed by atoms with E-state index in [9.17, 15) is 4.79 Å². The van der Waals surface area contributed by atoms with Crippen LogP contribution in [0.5, 0.6) is 0 Å². The third-order valence-electron chi connectivity index (χ3n) is 3.11. The van der Waals surface area contributed by atoms with Crippen LogP contribution in [0.15, 0.2) is 12.2 Å². The van der Waals surface area contributed by atoms with Gasteiger partial charge < -0.3 is 4.79 Å². The molecule has 0 radical (unpaired) electrons. The van der Waals surface area contributed by atoms with Crippen molar-refractivity contribution in [1.82, 2.24) is 0 Å². The minimum atomic E-state index is -0.0109. The van der Waals surface area contributed by atoms with Crippen molar-refractivity contribution in [3.05, 3.63) is 12.2 Å². The molecule has 1 nitrogen and oxygen atoms in total. The number of allylic oxidation sites excluding steroid dienone is 2. The van der Waals surface area contributed by atoms with Crippen LogP contribution in [0.1, 0.15) is 51.9 Å². The summed E-state index contributed by atoms with van der Waals surface area (Å²) in [5.74, 6) is 0.